The second-order valence-corrected chi connectivity index (χ2v) is 7.95. The van der Waals surface area contributed by atoms with Crippen molar-refractivity contribution in [2.75, 3.05) is 5.75 Å². The molecule has 0 aliphatic rings. The molecule has 0 unspecified atom stereocenters. The standard InChI is InChI=1S/C23H26N4OS/c1-4-19-7-9-20(10-8-19)14-27(15-21-6-5-11-24-13-21)22(28)16-29-23-25-17(2)12-18(3)26-23/h5-13H,4,14-16H2,1-3H3. The number of rotatable bonds is 8. The summed E-state index contributed by atoms with van der Waals surface area (Å²) in [6, 6.07) is 14.3. The molecule has 3 aromatic rings. The van der Waals surface area contributed by atoms with Crippen LogP contribution in [0.25, 0.3) is 0 Å². The monoisotopic (exact) mass is 406 g/mol. The first-order chi connectivity index (χ1) is 14.0. The van der Waals surface area contributed by atoms with Crippen molar-refractivity contribution in [3.05, 3.63) is 82.9 Å². The summed E-state index contributed by atoms with van der Waals surface area (Å²) >= 11 is 1.38. The van der Waals surface area contributed by atoms with E-state index >= 15 is 0 Å². The fraction of sp³-hybridized carbons (Fsp3) is 0.304. The molecule has 0 fully saturated rings. The molecule has 2 heterocycles. The number of thioether (sulfide) groups is 1. The lowest BCUT2D eigenvalue weighted by Crippen LogP contribution is -2.31. The Hall–Kier alpha value is -2.73. The minimum atomic E-state index is 0.0566. The van der Waals surface area contributed by atoms with E-state index in [1.165, 1.54) is 17.3 Å². The third-order valence-electron chi connectivity index (χ3n) is 4.54. The fourth-order valence-electron chi connectivity index (χ4n) is 3.02. The molecule has 0 spiro atoms. The van der Waals surface area contributed by atoms with E-state index in [4.69, 9.17) is 0 Å². The molecule has 0 N–H and O–H groups in total. The van der Waals surface area contributed by atoms with Crippen molar-refractivity contribution in [2.24, 2.45) is 0 Å². The van der Waals surface area contributed by atoms with E-state index in [0.717, 1.165) is 28.9 Å². The number of aromatic nitrogens is 3. The van der Waals surface area contributed by atoms with Crippen LogP contribution >= 0.6 is 11.8 Å². The summed E-state index contributed by atoms with van der Waals surface area (Å²) in [5.74, 6) is 0.358. The summed E-state index contributed by atoms with van der Waals surface area (Å²) in [7, 11) is 0. The van der Waals surface area contributed by atoms with Crippen LogP contribution in [0.15, 0.2) is 60.0 Å². The third kappa shape index (κ3) is 6.39. The Balaban J connectivity index is 1.72. The van der Waals surface area contributed by atoms with E-state index < -0.39 is 0 Å². The Morgan fingerprint density at radius 2 is 1.62 bits per heavy atom. The number of hydrogen-bond donors (Lipinski definition) is 0. The van der Waals surface area contributed by atoms with Crippen molar-refractivity contribution < 1.29 is 4.79 Å². The number of hydrogen-bond acceptors (Lipinski definition) is 5. The van der Waals surface area contributed by atoms with E-state index in [2.05, 4.69) is 46.1 Å². The molecular formula is C23H26N4OS. The van der Waals surface area contributed by atoms with Crippen LogP contribution in [0.5, 0.6) is 0 Å². The fourth-order valence-corrected chi connectivity index (χ4v) is 3.87. The molecule has 150 valence electrons. The van der Waals surface area contributed by atoms with E-state index in [1.807, 2.05) is 36.9 Å². The predicted octanol–water partition coefficient (Wildman–Crippen LogP) is 4.37. The predicted molar refractivity (Wildman–Crippen MR) is 117 cm³/mol. The van der Waals surface area contributed by atoms with Crippen molar-refractivity contribution in [1.82, 2.24) is 19.9 Å². The maximum absolute atomic E-state index is 13.0. The normalized spacial score (nSPS) is 10.7. The van der Waals surface area contributed by atoms with Crippen molar-refractivity contribution in [1.29, 1.82) is 0 Å². The van der Waals surface area contributed by atoms with Crippen molar-refractivity contribution >= 4 is 17.7 Å². The SMILES string of the molecule is CCc1ccc(CN(Cc2cccnc2)C(=O)CSc2nc(C)cc(C)n2)cc1. The van der Waals surface area contributed by atoms with Gasteiger partial charge in [-0.15, -0.1) is 0 Å². The molecule has 5 nitrogen and oxygen atoms in total. The summed E-state index contributed by atoms with van der Waals surface area (Å²) in [4.78, 5) is 27.9. The minimum Gasteiger partial charge on any atom is -0.333 e. The molecule has 0 bridgehead atoms. The third-order valence-corrected chi connectivity index (χ3v) is 5.37. The van der Waals surface area contributed by atoms with Crippen LogP contribution in [-0.4, -0.2) is 31.5 Å². The zero-order chi connectivity index (χ0) is 20.6. The largest absolute Gasteiger partial charge is 0.333 e. The Morgan fingerprint density at radius 1 is 0.966 bits per heavy atom. The average Bonchev–Trinajstić information content (AvgIpc) is 2.72. The van der Waals surface area contributed by atoms with Gasteiger partial charge in [-0.05, 0) is 49.1 Å². The maximum Gasteiger partial charge on any atom is 0.233 e. The van der Waals surface area contributed by atoms with E-state index in [-0.39, 0.29) is 5.91 Å². The highest BCUT2D eigenvalue weighted by Crippen LogP contribution is 2.17. The van der Waals surface area contributed by atoms with Crippen molar-refractivity contribution in [3.8, 4) is 0 Å². The van der Waals surface area contributed by atoms with Gasteiger partial charge < -0.3 is 4.90 Å². The lowest BCUT2D eigenvalue weighted by atomic mass is 10.1. The number of nitrogens with zero attached hydrogens (tertiary/aromatic N) is 4. The summed E-state index contributed by atoms with van der Waals surface area (Å²) in [6.45, 7) is 7.10. The Morgan fingerprint density at radius 3 is 2.24 bits per heavy atom. The first kappa shape index (κ1) is 21.0. The van der Waals surface area contributed by atoms with Crippen LogP contribution in [0.4, 0.5) is 0 Å². The lowest BCUT2D eigenvalue weighted by molar-refractivity contribution is -0.129. The van der Waals surface area contributed by atoms with Gasteiger partial charge in [0.05, 0.1) is 5.75 Å². The highest BCUT2D eigenvalue weighted by Gasteiger charge is 2.16. The zero-order valence-electron chi connectivity index (χ0n) is 17.1. The van der Waals surface area contributed by atoms with E-state index in [9.17, 15) is 4.79 Å². The van der Waals surface area contributed by atoms with Crippen LogP contribution in [0.3, 0.4) is 0 Å². The molecule has 0 aliphatic heterocycles. The van der Waals surface area contributed by atoms with Gasteiger partial charge in [0.25, 0.3) is 0 Å². The number of aryl methyl sites for hydroxylation is 3. The second-order valence-electron chi connectivity index (χ2n) is 7.00. The molecule has 0 radical (unpaired) electrons. The van der Waals surface area contributed by atoms with Gasteiger partial charge >= 0.3 is 0 Å². The van der Waals surface area contributed by atoms with Gasteiger partial charge in [-0.2, -0.15) is 0 Å². The molecule has 6 heteroatoms. The molecule has 3 rings (SSSR count). The molecule has 0 atom stereocenters. The van der Waals surface area contributed by atoms with Gasteiger partial charge in [0.2, 0.25) is 5.91 Å². The lowest BCUT2D eigenvalue weighted by Gasteiger charge is -2.23. The molecule has 0 aliphatic carbocycles. The van der Waals surface area contributed by atoms with E-state index in [1.54, 1.807) is 12.4 Å². The first-order valence-electron chi connectivity index (χ1n) is 9.73. The molecule has 1 aromatic carbocycles. The summed E-state index contributed by atoms with van der Waals surface area (Å²) in [6.07, 6.45) is 4.55. The van der Waals surface area contributed by atoms with Gasteiger partial charge in [0.1, 0.15) is 0 Å². The first-order valence-corrected chi connectivity index (χ1v) is 10.7. The maximum atomic E-state index is 13.0. The van der Waals surface area contributed by atoms with Crippen molar-refractivity contribution in [2.45, 2.75) is 45.4 Å². The van der Waals surface area contributed by atoms with Crippen LogP contribution in [0, 0.1) is 13.8 Å². The van der Waals surface area contributed by atoms with E-state index in [0.29, 0.717) is 24.0 Å². The van der Waals surface area contributed by atoms with Crippen LogP contribution in [-0.2, 0) is 24.3 Å². The smallest absolute Gasteiger partial charge is 0.233 e. The quantitative estimate of drug-likeness (QED) is 0.411. The highest BCUT2D eigenvalue weighted by atomic mass is 32.2. The van der Waals surface area contributed by atoms with Crippen LogP contribution in [0.1, 0.15) is 35.0 Å². The molecule has 0 saturated heterocycles. The number of amides is 1. The molecule has 0 saturated carbocycles. The van der Waals surface area contributed by atoms with Crippen LogP contribution < -0.4 is 0 Å². The minimum absolute atomic E-state index is 0.0566. The van der Waals surface area contributed by atoms with Gasteiger partial charge in [-0.25, -0.2) is 9.97 Å². The second kappa shape index (κ2) is 10.2. The zero-order valence-corrected chi connectivity index (χ0v) is 17.9. The molecule has 2 aromatic heterocycles. The van der Waals surface area contributed by atoms with Gasteiger partial charge in [-0.3, -0.25) is 9.78 Å². The van der Waals surface area contributed by atoms with Crippen molar-refractivity contribution in [3.63, 3.8) is 0 Å². The number of pyridine rings is 1. The molecule has 1 amide bonds. The number of carbonyl (C=O) groups is 1. The summed E-state index contributed by atoms with van der Waals surface area (Å²) in [5.41, 5.74) is 5.25. The average molecular weight is 407 g/mol. The topological polar surface area (TPSA) is 59.0 Å². The van der Waals surface area contributed by atoms with Gasteiger partial charge in [-0.1, -0.05) is 49.0 Å². The Kier molecular flexibility index (Phi) is 7.36. The summed E-state index contributed by atoms with van der Waals surface area (Å²) in [5, 5.41) is 0.643. The van der Waals surface area contributed by atoms with Crippen LogP contribution in [0.2, 0.25) is 0 Å². The number of carbonyl (C=O) groups excluding carboxylic acids is 1. The Labute approximate surface area is 176 Å². The van der Waals surface area contributed by atoms with Gasteiger partial charge in [0, 0.05) is 36.9 Å². The summed E-state index contributed by atoms with van der Waals surface area (Å²) < 4.78 is 0. The molecular weight excluding hydrogens is 380 g/mol. The Bertz CT molecular complexity index is 925. The van der Waals surface area contributed by atoms with Gasteiger partial charge in [0.15, 0.2) is 5.16 Å². The molecule has 29 heavy (non-hydrogen) atoms. The number of benzene rings is 1. The highest BCUT2D eigenvalue weighted by molar-refractivity contribution is 7.99.